The van der Waals surface area contributed by atoms with Crippen LogP contribution in [0.5, 0.6) is 0 Å². The molecule has 0 saturated carbocycles. The summed E-state index contributed by atoms with van der Waals surface area (Å²) >= 11 is 1.77. The lowest BCUT2D eigenvalue weighted by molar-refractivity contribution is 0.159. The number of nitrogens with zero attached hydrogens (tertiary/aromatic N) is 1. The summed E-state index contributed by atoms with van der Waals surface area (Å²) in [7, 11) is 3.87. The minimum absolute atomic E-state index is 0.145. The Morgan fingerprint density at radius 3 is 2.81 bits per heavy atom. The van der Waals surface area contributed by atoms with Gasteiger partial charge < -0.3 is 10.5 Å². The van der Waals surface area contributed by atoms with Crippen molar-refractivity contribution in [3.8, 4) is 0 Å². The maximum absolute atomic E-state index is 6.07. The molecule has 0 radical (unpaired) electrons. The largest absolute Gasteiger partial charge is 0.385 e. The quantitative estimate of drug-likeness (QED) is 0.744. The third kappa shape index (κ3) is 3.87. The molecule has 0 fully saturated rings. The molecule has 0 aromatic carbocycles. The summed E-state index contributed by atoms with van der Waals surface area (Å²) in [5.74, 6) is 0. The zero-order chi connectivity index (χ0) is 12.0. The number of rotatable bonds is 7. The number of ether oxygens (including phenoxy) is 1. The van der Waals surface area contributed by atoms with Crippen LogP contribution >= 0.6 is 11.3 Å². The first-order chi connectivity index (χ1) is 7.66. The van der Waals surface area contributed by atoms with Gasteiger partial charge in [0, 0.05) is 31.2 Å². The summed E-state index contributed by atoms with van der Waals surface area (Å²) in [5, 5.41) is 2.10. The molecule has 0 spiro atoms. The lowest BCUT2D eigenvalue weighted by atomic mass is 10.1. The molecule has 2 atom stereocenters. The molecular weight excluding hydrogens is 220 g/mol. The fourth-order valence-electron chi connectivity index (χ4n) is 1.93. The van der Waals surface area contributed by atoms with E-state index in [1.807, 2.05) is 0 Å². The molecule has 1 aromatic rings. The van der Waals surface area contributed by atoms with Crippen molar-refractivity contribution in [3.05, 3.63) is 22.4 Å². The van der Waals surface area contributed by atoms with Gasteiger partial charge in [-0.1, -0.05) is 6.07 Å². The van der Waals surface area contributed by atoms with E-state index in [0.717, 1.165) is 19.6 Å². The Morgan fingerprint density at radius 2 is 2.31 bits per heavy atom. The van der Waals surface area contributed by atoms with Crippen molar-refractivity contribution in [3.63, 3.8) is 0 Å². The number of likely N-dealkylation sites (N-methyl/N-ethyl adjacent to an activating group) is 1. The smallest absolute Gasteiger partial charge is 0.0588 e. The highest BCUT2D eigenvalue weighted by Gasteiger charge is 2.21. The monoisotopic (exact) mass is 242 g/mol. The Balaban J connectivity index is 2.56. The van der Waals surface area contributed by atoms with Gasteiger partial charge in [-0.25, -0.2) is 0 Å². The second-order valence-electron chi connectivity index (χ2n) is 4.15. The van der Waals surface area contributed by atoms with Crippen LogP contribution in [0.15, 0.2) is 17.5 Å². The molecule has 0 saturated heterocycles. The summed E-state index contributed by atoms with van der Waals surface area (Å²) in [5.41, 5.74) is 6.07. The van der Waals surface area contributed by atoms with E-state index in [0.29, 0.717) is 6.04 Å². The second kappa shape index (κ2) is 7.01. The summed E-state index contributed by atoms with van der Waals surface area (Å²) < 4.78 is 5.07. The molecule has 3 nitrogen and oxygen atoms in total. The van der Waals surface area contributed by atoms with Crippen LogP contribution in [-0.4, -0.2) is 38.3 Å². The molecule has 1 heterocycles. The van der Waals surface area contributed by atoms with Crippen LogP contribution in [0.4, 0.5) is 0 Å². The Morgan fingerprint density at radius 1 is 1.56 bits per heavy atom. The topological polar surface area (TPSA) is 38.5 Å². The van der Waals surface area contributed by atoms with Gasteiger partial charge in [-0.3, -0.25) is 4.90 Å². The first kappa shape index (κ1) is 13.6. The zero-order valence-electron chi connectivity index (χ0n) is 10.3. The number of nitrogens with two attached hydrogens (primary N) is 1. The van der Waals surface area contributed by atoms with Crippen molar-refractivity contribution in [2.24, 2.45) is 5.73 Å². The average Bonchev–Trinajstić information content (AvgIpc) is 2.71. The normalized spacial score (nSPS) is 15.3. The molecule has 0 aliphatic carbocycles. The minimum atomic E-state index is 0.145. The summed E-state index contributed by atoms with van der Waals surface area (Å²) in [6, 6.07) is 4.70. The fourth-order valence-corrected chi connectivity index (χ4v) is 2.94. The summed E-state index contributed by atoms with van der Waals surface area (Å²) in [6.07, 6.45) is 1.04. The molecule has 92 valence electrons. The lowest BCUT2D eigenvalue weighted by Gasteiger charge is -2.30. The predicted octanol–water partition coefficient (Wildman–Crippen LogP) is 2.10. The highest BCUT2D eigenvalue weighted by Crippen LogP contribution is 2.26. The Hall–Kier alpha value is -0.420. The molecule has 0 amide bonds. The van der Waals surface area contributed by atoms with E-state index in [1.54, 1.807) is 18.4 Å². The van der Waals surface area contributed by atoms with Crippen LogP contribution in [0.25, 0.3) is 0 Å². The van der Waals surface area contributed by atoms with Gasteiger partial charge in [0.15, 0.2) is 0 Å². The average molecular weight is 242 g/mol. The van der Waals surface area contributed by atoms with Crippen LogP contribution in [-0.2, 0) is 4.74 Å². The molecule has 0 aliphatic rings. The van der Waals surface area contributed by atoms with E-state index in [1.165, 1.54) is 4.88 Å². The number of methoxy groups -OCH3 is 1. The molecule has 0 aliphatic heterocycles. The van der Waals surface area contributed by atoms with Gasteiger partial charge in [0.2, 0.25) is 0 Å². The van der Waals surface area contributed by atoms with Crippen LogP contribution in [0.3, 0.4) is 0 Å². The number of hydrogen-bond acceptors (Lipinski definition) is 4. The first-order valence-corrected chi connectivity index (χ1v) is 6.53. The fraction of sp³-hybridized carbons (Fsp3) is 0.667. The van der Waals surface area contributed by atoms with Gasteiger partial charge in [-0.05, 0) is 31.8 Å². The van der Waals surface area contributed by atoms with Crippen LogP contribution in [0.2, 0.25) is 0 Å². The van der Waals surface area contributed by atoms with Gasteiger partial charge in [0.25, 0.3) is 0 Å². The van der Waals surface area contributed by atoms with Crippen molar-refractivity contribution >= 4 is 11.3 Å². The van der Waals surface area contributed by atoms with Crippen LogP contribution < -0.4 is 5.73 Å². The minimum Gasteiger partial charge on any atom is -0.385 e. The molecule has 2 N–H and O–H groups in total. The van der Waals surface area contributed by atoms with E-state index in [2.05, 4.69) is 36.4 Å². The molecule has 4 heteroatoms. The molecule has 0 bridgehead atoms. The zero-order valence-corrected chi connectivity index (χ0v) is 11.2. The van der Waals surface area contributed by atoms with E-state index < -0.39 is 0 Å². The van der Waals surface area contributed by atoms with Crippen molar-refractivity contribution in [1.82, 2.24) is 4.90 Å². The Bertz CT molecular complexity index is 275. The maximum atomic E-state index is 6.07. The van der Waals surface area contributed by atoms with E-state index in [-0.39, 0.29) is 6.04 Å². The first-order valence-electron chi connectivity index (χ1n) is 5.65. The van der Waals surface area contributed by atoms with Gasteiger partial charge in [0.1, 0.15) is 0 Å². The van der Waals surface area contributed by atoms with E-state index in [4.69, 9.17) is 10.5 Å². The molecular formula is C12H22N2OS. The van der Waals surface area contributed by atoms with Crippen LogP contribution in [0, 0.1) is 0 Å². The third-order valence-corrected chi connectivity index (χ3v) is 3.61. The van der Waals surface area contributed by atoms with Gasteiger partial charge in [-0.2, -0.15) is 0 Å². The third-order valence-electron chi connectivity index (χ3n) is 2.67. The number of thiophene rings is 1. The van der Waals surface area contributed by atoms with Crippen molar-refractivity contribution < 1.29 is 4.74 Å². The maximum Gasteiger partial charge on any atom is 0.0588 e. The standard InChI is InChI=1S/C12H22N2OS/c1-10(13)12(11-6-4-9-16-11)14(2)7-5-8-15-3/h4,6,9-10,12H,5,7-8,13H2,1-3H3. The number of hydrogen-bond donors (Lipinski definition) is 1. The van der Waals surface area contributed by atoms with Crippen molar-refractivity contribution in [2.45, 2.75) is 25.4 Å². The van der Waals surface area contributed by atoms with E-state index in [9.17, 15) is 0 Å². The van der Waals surface area contributed by atoms with E-state index >= 15 is 0 Å². The summed E-state index contributed by atoms with van der Waals surface area (Å²) in [6.45, 7) is 3.88. The second-order valence-corrected chi connectivity index (χ2v) is 5.13. The van der Waals surface area contributed by atoms with Gasteiger partial charge in [0.05, 0.1) is 6.04 Å². The Labute approximate surface area is 102 Å². The van der Waals surface area contributed by atoms with Crippen molar-refractivity contribution in [1.29, 1.82) is 0 Å². The highest BCUT2D eigenvalue weighted by molar-refractivity contribution is 7.10. The molecule has 16 heavy (non-hydrogen) atoms. The molecule has 1 aromatic heterocycles. The Kier molecular flexibility index (Phi) is 5.98. The highest BCUT2D eigenvalue weighted by atomic mass is 32.1. The van der Waals surface area contributed by atoms with Gasteiger partial charge >= 0.3 is 0 Å². The lowest BCUT2D eigenvalue weighted by Crippen LogP contribution is -2.37. The van der Waals surface area contributed by atoms with Crippen LogP contribution in [0.1, 0.15) is 24.3 Å². The molecule has 1 rings (SSSR count). The SMILES string of the molecule is COCCCN(C)C(c1cccs1)C(C)N. The van der Waals surface area contributed by atoms with Crippen molar-refractivity contribution in [2.75, 3.05) is 27.3 Å². The molecule has 2 unspecified atom stereocenters. The predicted molar refractivity (Wildman–Crippen MR) is 69.8 cm³/mol. The summed E-state index contributed by atoms with van der Waals surface area (Å²) in [4.78, 5) is 3.66. The van der Waals surface area contributed by atoms with Gasteiger partial charge in [-0.15, -0.1) is 11.3 Å².